The molecule has 96 valence electrons. The summed E-state index contributed by atoms with van der Waals surface area (Å²) in [6.45, 7) is 14.1. The quantitative estimate of drug-likeness (QED) is 0.608. The number of nitrogens with zero attached hydrogens (tertiary/aromatic N) is 1. The van der Waals surface area contributed by atoms with E-state index >= 15 is 0 Å². The molecule has 1 unspecified atom stereocenters. The van der Waals surface area contributed by atoms with Crippen LogP contribution in [-0.4, -0.2) is 37.1 Å². The lowest BCUT2D eigenvalue weighted by Gasteiger charge is -2.28. The summed E-state index contributed by atoms with van der Waals surface area (Å²) in [5, 5.41) is 3.58. The summed E-state index contributed by atoms with van der Waals surface area (Å²) < 4.78 is 0. The predicted octanol–water partition coefficient (Wildman–Crippen LogP) is 2.74. The van der Waals surface area contributed by atoms with Crippen molar-refractivity contribution in [2.45, 2.75) is 53.0 Å². The van der Waals surface area contributed by atoms with Gasteiger partial charge in [0.1, 0.15) is 0 Å². The van der Waals surface area contributed by atoms with Crippen LogP contribution in [0.5, 0.6) is 0 Å². The second kappa shape index (κ2) is 7.29. The van der Waals surface area contributed by atoms with Crippen LogP contribution in [0.3, 0.4) is 0 Å². The number of rotatable bonds is 9. The van der Waals surface area contributed by atoms with E-state index in [4.69, 9.17) is 0 Å². The van der Waals surface area contributed by atoms with Gasteiger partial charge in [0.15, 0.2) is 0 Å². The monoisotopic (exact) mass is 226 g/mol. The zero-order valence-corrected chi connectivity index (χ0v) is 11.6. The van der Waals surface area contributed by atoms with E-state index in [9.17, 15) is 0 Å². The van der Waals surface area contributed by atoms with Gasteiger partial charge in [0, 0.05) is 19.1 Å². The molecule has 0 aromatic rings. The van der Waals surface area contributed by atoms with E-state index in [2.05, 4.69) is 37.9 Å². The average molecular weight is 226 g/mol. The van der Waals surface area contributed by atoms with E-state index in [1.54, 1.807) is 0 Å². The third-order valence-electron chi connectivity index (χ3n) is 3.56. The van der Waals surface area contributed by atoms with Crippen molar-refractivity contribution >= 4 is 0 Å². The first-order chi connectivity index (χ1) is 7.63. The summed E-state index contributed by atoms with van der Waals surface area (Å²) in [4.78, 5) is 2.63. The molecule has 0 aromatic carbocycles. The second-order valence-electron chi connectivity index (χ2n) is 5.77. The van der Waals surface area contributed by atoms with Crippen molar-refractivity contribution in [1.82, 2.24) is 10.2 Å². The fraction of sp³-hybridized carbons (Fsp3) is 1.00. The van der Waals surface area contributed by atoms with Gasteiger partial charge >= 0.3 is 0 Å². The summed E-state index contributed by atoms with van der Waals surface area (Å²) >= 11 is 0. The number of hydrogen-bond acceptors (Lipinski definition) is 2. The highest BCUT2D eigenvalue weighted by Gasteiger charge is 2.25. The highest BCUT2D eigenvalue weighted by atomic mass is 15.2. The molecule has 0 spiro atoms. The molecule has 0 bridgehead atoms. The maximum Gasteiger partial charge on any atom is 0.0192 e. The standard InChI is InChI=1S/C14H30N2/c1-5-16(11-14-6-7-14)13(4)10-15-9-8-12(2)3/h12-15H,5-11H2,1-4H3. The average Bonchev–Trinajstić information content (AvgIpc) is 3.04. The van der Waals surface area contributed by atoms with Gasteiger partial charge in [-0.3, -0.25) is 4.90 Å². The molecule has 1 N–H and O–H groups in total. The molecule has 1 fully saturated rings. The zero-order chi connectivity index (χ0) is 12.0. The molecule has 16 heavy (non-hydrogen) atoms. The van der Waals surface area contributed by atoms with E-state index in [1.165, 1.54) is 38.9 Å². The minimum atomic E-state index is 0.692. The zero-order valence-electron chi connectivity index (χ0n) is 11.6. The number of likely N-dealkylation sites (N-methyl/N-ethyl adjacent to an activating group) is 1. The Bertz CT molecular complexity index is 176. The van der Waals surface area contributed by atoms with Crippen molar-refractivity contribution in [2.24, 2.45) is 11.8 Å². The predicted molar refractivity (Wildman–Crippen MR) is 71.8 cm³/mol. The second-order valence-corrected chi connectivity index (χ2v) is 5.77. The first kappa shape index (κ1) is 14.0. The Labute approximate surface area is 102 Å². The van der Waals surface area contributed by atoms with Gasteiger partial charge in [-0.1, -0.05) is 20.8 Å². The Morgan fingerprint density at radius 1 is 1.25 bits per heavy atom. The Kier molecular flexibility index (Phi) is 6.37. The Hall–Kier alpha value is -0.0800. The molecular weight excluding hydrogens is 196 g/mol. The maximum absolute atomic E-state index is 3.58. The third-order valence-corrected chi connectivity index (χ3v) is 3.56. The lowest BCUT2D eigenvalue weighted by Crippen LogP contribution is -2.41. The lowest BCUT2D eigenvalue weighted by atomic mass is 10.1. The first-order valence-electron chi connectivity index (χ1n) is 7.08. The maximum atomic E-state index is 3.58. The minimum absolute atomic E-state index is 0.692. The molecule has 1 aliphatic carbocycles. The molecule has 0 aliphatic heterocycles. The fourth-order valence-corrected chi connectivity index (χ4v) is 2.08. The number of hydrogen-bond donors (Lipinski definition) is 1. The first-order valence-corrected chi connectivity index (χ1v) is 7.08. The van der Waals surface area contributed by atoms with Gasteiger partial charge < -0.3 is 5.32 Å². The molecule has 0 amide bonds. The van der Waals surface area contributed by atoms with Crippen LogP contribution in [-0.2, 0) is 0 Å². The van der Waals surface area contributed by atoms with Crippen LogP contribution in [0, 0.1) is 11.8 Å². The molecule has 1 atom stereocenters. The lowest BCUT2D eigenvalue weighted by molar-refractivity contribution is 0.205. The SMILES string of the molecule is CCN(CC1CC1)C(C)CNCCC(C)C. The summed E-state index contributed by atoms with van der Waals surface area (Å²) in [7, 11) is 0. The van der Waals surface area contributed by atoms with Crippen LogP contribution < -0.4 is 5.32 Å². The van der Waals surface area contributed by atoms with E-state index in [0.29, 0.717) is 6.04 Å². The molecule has 0 radical (unpaired) electrons. The Balaban J connectivity index is 2.08. The van der Waals surface area contributed by atoms with E-state index < -0.39 is 0 Å². The molecule has 1 saturated carbocycles. The molecule has 0 heterocycles. The van der Waals surface area contributed by atoms with Crippen molar-refractivity contribution in [2.75, 3.05) is 26.2 Å². The van der Waals surface area contributed by atoms with Crippen molar-refractivity contribution in [3.63, 3.8) is 0 Å². The van der Waals surface area contributed by atoms with Crippen molar-refractivity contribution in [3.05, 3.63) is 0 Å². The van der Waals surface area contributed by atoms with Gasteiger partial charge in [0.05, 0.1) is 0 Å². The molecule has 2 nitrogen and oxygen atoms in total. The van der Waals surface area contributed by atoms with Gasteiger partial charge in [-0.15, -0.1) is 0 Å². The van der Waals surface area contributed by atoms with Gasteiger partial charge in [-0.05, 0) is 51.1 Å². The van der Waals surface area contributed by atoms with Crippen LogP contribution in [0.25, 0.3) is 0 Å². The van der Waals surface area contributed by atoms with Crippen LogP contribution in [0.15, 0.2) is 0 Å². The summed E-state index contributed by atoms with van der Waals surface area (Å²) in [6.07, 6.45) is 4.22. The van der Waals surface area contributed by atoms with Crippen LogP contribution in [0.2, 0.25) is 0 Å². The summed E-state index contributed by atoms with van der Waals surface area (Å²) in [5.41, 5.74) is 0. The summed E-state index contributed by atoms with van der Waals surface area (Å²) in [5.74, 6) is 1.83. The van der Waals surface area contributed by atoms with E-state index in [-0.39, 0.29) is 0 Å². The van der Waals surface area contributed by atoms with Gasteiger partial charge in [0.25, 0.3) is 0 Å². The topological polar surface area (TPSA) is 15.3 Å². The number of nitrogens with one attached hydrogen (secondary N) is 1. The van der Waals surface area contributed by atoms with Gasteiger partial charge in [-0.25, -0.2) is 0 Å². The highest BCUT2D eigenvalue weighted by Crippen LogP contribution is 2.30. The minimum Gasteiger partial charge on any atom is -0.315 e. The van der Waals surface area contributed by atoms with Crippen LogP contribution in [0.1, 0.15) is 47.0 Å². The van der Waals surface area contributed by atoms with Crippen molar-refractivity contribution in [3.8, 4) is 0 Å². The Morgan fingerprint density at radius 2 is 1.94 bits per heavy atom. The Morgan fingerprint density at radius 3 is 2.44 bits per heavy atom. The molecule has 2 heteroatoms. The molecule has 0 saturated heterocycles. The molecule has 1 aliphatic rings. The third kappa shape index (κ3) is 5.86. The van der Waals surface area contributed by atoms with E-state index in [0.717, 1.165) is 18.4 Å². The van der Waals surface area contributed by atoms with Crippen LogP contribution >= 0.6 is 0 Å². The smallest absolute Gasteiger partial charge is 0.0192 e. The molecule has 0 aromatic heterocycles. The van der Waals surface area contributed by atoms with Crippen molar-refractivity contribution in [1.29, 1.82) is 0 Å². The molecule has 1 rings (SSSR count). The van der Waals surface area contributed by atoms with Gasteiger partial charge in [0.2, 0.25) is 0 Å². The largest absolute Gasteiger partial charge is 0.315 e. The van der Waals surface area contributed by atoms with Crippen molar-refractivity contribution < 1.29 is 0 Å². The van der Waals surface area contributed by atoms with Gasteiger partial charge in [-0.2, -0.15) is 0 Å². The normalized spacial score (nSPS) is 18.4. The molecular formula is C14H30N2. The van der Waals surface area contributed by atoms with E-state index in [1.807, 2.05) is 0 Å². The summed E-state index contributed by atoms with van der Waals surface area (Å²) in [6, 6.07) is 0.692. The fourth-order valence-electron chi connectivity index (χ4n) is 2.08. The highest BCUT2D eigenvalue weighted by molar-refractivity contribution is 4.79. The van der Waals surface area contributed by atoms with Crippen LogP contribution in [0.4, 0.5) is 0 Å².